The van der Waals surface area contributed by atoms with Gasteiger partial charge in [-0.2, -0.15) is 0 Å². The molecule has 0 saturated carbocycles. The fraction of sp³-hybridized carbons (Fsp3) is 0.364. The number of rotatable bonds is 3. The number of thioether (sulfide) groups is 1. The summed E-state index contributed by atoms with van der Waals surface area (Å²) < 4.78 is 0. The lowest BCUT2D eigenvalue weighted by Gasteiger charge is -2.23. The number of hydrogen-bond acceptors (Lipinski definition) is 3. The largest absolute Gasteiger partial charge is 0.479 e. The molecular formula is C11H13NO2S. The first-order valence-corrected chi connectivity index (χ1v) is 5.77. The molecule has 0 aromatic heterocycles. The van der Waals surface area contributed by atoms with Crippen molar-refractivity contribution in [3.05, 3.63) is 30.3 Å². The molecule has 1 aromatic carbocycles. The second-order valence-corrected chi connectivity index (χ2v) is 4.95. The van der Waals surface area contributed by atoms with Crippen LogP contribution in [0.3, 0.4) is 0 Å². The van der Waals surface area contributed by atoms with Gasteiger partial charge in [-0.05, 0) is 31.5 Å². The third kappa shape index (κ3) is 2.16. The maximum atomic E-state index is 11.2. The highest BCUT2D eigenvalue weighted by Crippen LogP contribution is 2.37. The fourth-order valence-electron chi connectivity index (χ4n) is 1.72. The average Bonchev–Trinajstić information content (AvgIpc) is 2.69. The normalized spacial score (nSPS) is 25.3. The Morgan fingerprint density at radius 1 is 1.40 bits per heavy atom. The van der Waals surface area contributed by atoms with Gasteiger partial charge in [0.15, 0.2) is 4.87 Å². The minimum absolute atomic E-state index is 0.682. The Balaban J connectivity index is 2.18. The van der Waals surface area contributed by atoms with Crippen molar-refractivity contribution in [2.45, 2.75) is 22.6 Å². The molecule has 15 heavy (non-hydrogen) atoms. The topological polar surface area (TPSA) is 49.3 Å². The molecule has 1 aromatic rings. The molecule has 0 bridgehead atoms. The molecule has 0 aliphatic carbocycles. The summed E-state index contributed by atoms with van der Waals surface area (Å²) in [4.78, 5) is 11.4. The molecular weight excluding hydrogens is 210 g/mol. The maximum absolute atomic E-state index is 11.2. The van der Waals surface area contributed by atoms with Gasteiger partial charge >= 0.3 is 5.97 Å². The van der Waals surface area contributed by atoms with Gasteiger partial charge in [0.25, 0.3) is 0 Å². The number of nitrogens with one attached hydrogen (secondary N) is 1. The Morgan fingerprint density at radius 3 is 2.67 bits per heavy atom. The van der Waals surface area contributed by atoms with E-state index in [0.29, 0.717) is 6.42 Å². The fourth-order valence-corrected chi connectivity index (χ4v) is 2.92. The number of carboxylic acids is 1. The van der Waals surface area contributed by atoms with Gasteiger partial charge in [0.05, 0.1) is 0 Å². The summed E-state index contributed by atoms with van der Waals surface area (Å²) in [5.74, 6) is -0.770. The van der Waals surface area contributed by atoms with Crippen LogP contribution in [0.2, 0.25) is 0 Å². The summed E-state index contributed by atoms with van der Waals surface area (Å²) in [5, 5.41) is 12.3. The molecule has 80 valence electrons. The predicted molar refractivity (Wildman–Crippen MR) is 59.9 cm³/mol. The van der Waals surface area contributed by atoms with Gasteiger partial charge in [-0.15, -0.1) is 0 Å². The van der Waals surface area contributed by atoms with Crippen LogP contribution in [-0.2, 0) is 4.79 Å². The van der Waals surface area contributed by atoms with Crippen LogP contribution >= 0.6 is 11.8 Å². The van der Waals surface area contributed by atoms with Gasteiger partial charge in [-0.3, -0.25) is 5.32 Å². The van der Waals surface area contributed by atoms with Gasteiger partial charge in [-0.1, -0.05) is 30.0 Å². The van der Waals surface area contributed by atoms with E-state index in [0.717, 1.165) is 17.9 Å². The lowest BCUT2D eigenvalue weighted by molar-refractivity contribution is -0.140. The molecule has 1 atom stereocenters. The van der Waals surface area contributed by atoms with Crippen LogP contribution in [0.25, 0.3) is 0 Å². The van der Waals surface area contributed by atoms with E-state index < -0.39 is 10.8 Å². The van der Waals surface area contributed by atoms with Crippen molar-refractivity contribution >= 4 is 17.7 Å². The highest BCUT2D eigenvalue weighted by molar-refractivity contribution is 8.01. The number of benzene rings is 1. The van der Waals surface area contributed by atoms with Crippen molar-refractivity contribution < 1.29 is 9.90 Å². The first-order valence-electron chi connectivity index (χ1n) is 4.95. The quantitative estimate of drug-likeness (QED) is 0.822. The van der Waals surface area contributed by atoms with Crippen molar-refractivity contribution in [2.24, 2.45) is 0 Å². The molecule has 1 aliphatic rings. The molecule has 3 nitrogen and oxygen atoms in total. The number of carbonyl (C=O) groups is 1. The first-order chi connectivity index (χ1) is 7.23. The van der Waals surface area contributed by atoms with Crippen LogP contribution in [0.5, 0.6) is 0 Å². The molecule has 0 spiro atoms. The van der Waals surface area contributed by atoms with Crippen LogP contribution < -0.4 is 5.32 Å². The molecule has 1 heterocycles. The Hall–Kier alpha value is -1.00. The summed E-state index contributed by atoms with van der Waals surface area (Å²) in [6.45, 7) is 0.784. The molecule has 0 amide bonds. The van der Waals surface area contributed by atoms with Crippen LogP contribution in [0.15, 0.2) is 35.2 Å². The van der Waals surface area contributed by atoms with Gasteiger partial charge in [0.1, 0.15) is 0 Å². The van der Waals surface area contributed by atoms with Gasteiger partial charge < -0.3 is 5.11 Å². The third-order valence-corrected chi connectivity index (χ3v) is 3.88. The highest BCUT2D eigenvalue weighted by Gasteiger charge is 2.42. The third-order valence-electron chi connectivity index (χ3n) is 2.50. The van der Waals surface area contributed by atoms with Crippen molar-refractivity contribution in [1.29, 1.82) is 0 Å². The molecule has 2 rings (SSSR count). The van der Waals surface area contributed by atoms with Gasteiger partial charge in [-0.25, -0.2) is 4.79 Å². The lowest BCUT2D eigenvalue weighted by Crippen LogP contribution is -2.44. The van der Waals surface area contributed by atoms with Crippen LogP contribution in [0.4, 0.5) is 0 Å². The van der Waals surface area contributed by atoms with Crippen molar-refractivity contribution in [3.63, 3.8) is 0 Å². The highest BCUT2D eigenvalue weighted by atomic mass is 32.2. The Labute approximate surface area is 92.9 Å². The minimum Gasteiger partial charge on any atom is -0.479 e. The maximum Gasteiger partial charge on any atom is 0.334 e. The molecule has 2 N–H and O–H groups in total. The van der Waals surface area contributed by atoms with Crippen molar-refractivity contribution in [3.8, 4) is 0 Å². The summed E-state index contributed by atoms with van der Waals surface area (Å²) in [5.41, 5.74) is 0. The molecule has 1 aliphatic heterocycles. The zero-order valence-electron chi connectivity index (χ0n) is 8.27. The zero-order valence-corrected chi connectivity index (χ0v) is 9.09. The van der Waals surface area contributed by atoms with E-state index in [9.17, 15) is 9.90 Å². The number of carboxylic acid groups (broad SMARTS) is 1. The standard InChI is InChI=1S/C11H13NO2S/c13-10(14)11(7-4-8-12-11)15-9-5-2-1-3-6-9/h1-3,5-6,12H,4,7-8H2,(H,13,14)/t11-/m1/s1. The van der Waals surface area contributed by atoms with E-state index in [-0.39, 0.29) is 0 Å². The van der Waals surface area contributed by atoms with E-state index in [1.54, 1.807) is 0 Å². The Bertz CT molecular complexity index is 347. The molecule has 0 radical (unpaired) electrons. The summed E-state index contributed by atoms with van der Waals surface area (Å²) >= 11 is 1.40. The van der Waals surface area contributed by atoms with E-state index in [2.05, 4.69) is 5.32 Å². The summed E-state index contributed by atoms with van der Waals surface area (Å²) in [6, 6.07) is 9.66. The lowest BCUT2D eigenvalue weighted by atomic mass is 10.2. The predicted octanol–water partition coefficient (Wildman–Crippen LogP) is 1.94. The molecule has 0 unspecified atom stereocenters. The second kappa shape index (κ2) is 4.24. The number of hydrogen-bond donors (Lipinski definition) is 2. The van der Waals surface area contributed by atoms with E-state index >= 15 is 0 Å². The minimum atomic E-state index is -0.818. The van der Waals surface area contributed by atoms with Gasteiger partial charge in [0, 0.05) is 4.90 Å². The van der Waals surface area contributed by atoms with Crippen LogP contribution in [0, 0.1) is 0 Å². The summed E-state index contributed by atoms with van der Waals surface area (Å²) in [6.07, 6.45) is 1.61. The number of aliphatic carboxylic acids is 1. The monoisotopic (exact) mass is 223 g/mol. The zero-order chi connectivity index (χ0) is 10.7. The van der Waals surface area contributed by atoms with Gasteiger partial charge in [0.2, 0.25) is 0 Å². The first kappa shape index (κ1) is 10.5. The Kier molecular flexibility index (Phi) is 2.98. The smallest absolute Gasteiger partial charge is 0.334 e. The Morgan fingerprint density at radius 2 is 2.13 bits per heavy atom. The van der Waals surface area contributed by atoms with Crippen molar-refractivity contribution in [2.75, 3.05) is 6.54 Å². The summed E-state index contributed by atoms with van der Waals surface area (Å²) in [7, 11) is 0. The molecule has 4 heteroatoms. The van der Waals surface area contributed by atoms with Crippen LogP contribution in [-0.4, -0.2) is 22.5 Å². The SMILES string of the molecule is O=C(O)[C@]1(Sc2ccccc2)CCCN1. The van der Waals surface area contributed by atoms with E-state index in [1.165, 1.54) is 11.8 Å². The average molecular weight is 223 g/mol. The van der Waals surface area contributed by atoms with E-state index in [1.807, 2.05) is 30.3 Å². The van der Waals surface area contributed by atoms with Crippen molar-refractivity contribution in [1.82, 2.24) is 5.32 Å². The van der Waals surface area contributed by atoms with Crippen LogP contribution in [0.1, 0.15) is 12.8 Å². The van der Waals surface area contributed by atoms with E-state index in [4.69, 9.17) is 0 Å². The molecule has 1 fully saturated rings. The second-order valence-electron chi connectivity index (χ2n) is 3.58. The molecule has 1 saturated heterocycles.